The van der Waals surface area contributed by atoms with E-state index in [1.54, 1.807) is 12.4 Å². The molecule has 4 rings (SSSR count). The Balaban J connectivity index is 0.000000642. The molecule has 3 aromatic rings. The molecule has 1 aromatic heterocycles. The first-order valence-electron chi connectivity index (χ1n) is 12.7. The number of H-pyrrole nitrogens is 1. The molecule has 5 N–H and O–H groups in total. The number of hydrogen-bond donors (Lipinski definition) is 4. The van der Waals surface area contributed by atoms with Gasteiger partial charge < -0.3 is 16.2 Å². The number of nitrogens with zero attached hydrogens (tertiary/aromatic N) is 2. The van der Waals surface area contributed by atoms with Crippen LogP contribution in [-0.2, 0) is 11.3 Å². The van der Waals surface area contributed by atoms with Gasteiger partial charge in [0.2, 0.25) is 0 Å². The predicted octanol–water partition coefficient (Wildman–Crippen LogP) is 5.57. The van der Waals surface area contributed by atoms with Crippen molar-refractivity contribution in [3.8, 4) is 0 Å². The SMILES string of the molecule is CNc1ccc(C(c2ccc(C)c(CN3CCCCC3)c2)C(C)(C)C(=O)O)c(C)c1N.c1cn[nH]c1. The summed E-state index contributed by atoms with van der Waals surface area (Å²) in [6.45, 7) is 10.9. The van der Waals surface area contributed by atoms with Gasteiger partial charge in [-0.2, -0.15) is 5.10 Å². The molecule has 0 aliphatic carbocycles. The zero-order chi connectivity index (χ0) is 26.3. The number of nitrogens with two attached hydrogens (primary N) is 1. The van der Waals surface area contributed by atoms with Crippen molar-refractivity contribution in [1.82, 2.24) is 15.1 Å². The van der Waals surface area contributed by atoms with Crippen molar-refractivity contribution in [3.05, 3.63) is 76.6 Å². The van der Waals surface area contributed by atoms with Gasteiger partial charge in [0.15, 0.2) is 0 Å². The summed E-state index contributed by atoms with van der Waals surface area (Å²) < 4.78 is 0. The van der Waals surface area contributed by atoms with Crippen molar-refractivity contribution < 1.29 is 9.90 Å². The van der Waals surface area contributed by atoms with Crippen molar-refractivity contribution in [3.63, 3.8) is 0 Å². The lowest BCUT2D eigenvalue weighted by Crippen LogP contribution is -2.33. The van der Waals surface area contributed by atoms with E-state index in [1.165, 1.54) is 30.4 Å². The molecule has 7 heteroatoms. The second kappa shape index (κ2) is 12.1. The summed E-state index contributed by atoms with van der Waals surface area (Å²) in [5.41, 5.74) is 12.4. The van der Waals surface area contributed by atoms with Crippen LogP contribution in [-0.4, -0.2) is 46.3 Å². The van der Waals surface area contributed by atoms with Crippen LogP contribution in [0.4, 0.5) is 11.4 Å². The standard InChI is InChI=1S/C26H37N3O2.C3H4N2/c1-17-9-10-19(15-20(17)16-29-13-7-6-8-14-29)23(26(3,4)25(30)31)21-11-12-22(28-5)24(27)18(21)2;1-2-4-5-3-1/h9-12,15,23,28H,6-8,13-14,16,27H2,1-5H3,(H,30,31);1-3H,(H,4,5). The normalized spacial score (nSPS) is 15.0. The molecule has 1 atom stereocenters. The van der Waals surface area contributed by atoms with Gasteiger partial charge in [0, 0.05) is 31.9 Å². The maximum atomic E-state index is 12.3. The highest BCUT2D eigenvalue weighted by Crippen LogP contribution is 2.45. The van der Waals surface area contributed by atoms with E-state index in [-0.39, 0.29) is 5.92 Å². The quantitative estimate of drug-likeness (QED) is 0.322. The van der Waals surface area contributed by atoms with Crippen LogP contribution in [0.1, 0.15) is 66.8 Å². The maximum Gasteiger partial charge on any atom is 0.310 e. The second-order valence-corrected chi connectivity index (χ2v) is 10.2. The van der Waals surface area contributed by atoms with Gasteiger partial charge in [-0.15, -0.1) is 0 Å². The maximum absolute atomic E-state index is 12.3. The van der Waals surface area contributed by atoms with E-state index in [2.05, 4.69) is 45.5 Å². The molecule has 2 aromatic carbocycles. The molecular formula is C29H41N5O2. The highest BCUT2D eigenvalue weighted by Gasteiger charge is 2.40. The van der Waals surface area contributed by atoms with E-state index in [0.717, 1.165) is 42.0 Å². The third-order valence-corrected chi connectivity index (χ3v) is 7.37. The monoisotopic (exact) mass is 491 g/mol. The zero-order valence-electron chi connectivity index (χ0n) is 22.3. The van der Waals surface area contributed by atoms with E-state index in [1.807, 2.05) is 46.0 Å². The molecule has 1 aliphatic rings. The van der Waals surface area contributed by atoms with Crippen LogP contribution in [0, 0.1) is 19.3 Å². The number of aryl methyl sites for hydroxylation is 1. The van der Waals surface area contributed by atoms with E-state index in [0.29, 0.717) is 5.69 Å². The average Bonchev–Trinajstić information content (AvgIpc) is 3.45. The molecule has 7 nitrogen and oxygen atoms in total. The van der Waals surface area contributed by atoms with Crippen molar-refractivity contribution in [1.29, 1.82) is 0 Å². The molecule has 0 bridgehead atoms. The van der Waals surface area contributed by atoms with Gasteiger partial charge >= 0.3 is 5.97 Å². The van der Waals surface area contributed by atoms with Gasteiger partial charge in [-0.1, -0.05) is 30.7 Å². The number of aliphatic carboxylic acids is 1. The Kier molecular flexibility index (Phi) is 9.15. The third kappa shape index (κ3) is 6.26. The third-order valence-electron chi connectivity index (χ3n) is 7.37. The summed E-state index contributed by atoms with van der Waals surface area (Å²) in [6.07, 6.45) is 7.28. The number of benzene rings is 2. The van der Waals surface area contributed by atoms with Crippen LogP contribution in [0.25, 0.3) is 0 Å². The molecule has 1 fully saturated rings. The number of carbonyl (C=O) groups is 1. The first-order chi connectivity index (χ1) is 17.2. The van der Waals surface area contributed by atoms with Crippen molar-refractivity contribution in [2.45, 2.75) is 59.4 Å². The minimum absolute atomic E-state index is 0.307. The molecule has 36 heavy (non-hydrogen) atoms. The zero-order valence-corrected chi connectivity index (χ0v) is 22.3. The lowest BCUT2D eigenvalue weighted by atomic mass is 9.69. The molecule has 0 radical (unpaired) electrons. The molecule has 194 valence electrons. The van der Waals surface area contributed by atoms with Gasteiger partial charge in [0.05, 0.1) is 16.8 Å². The molecular weight excluding hydrogens is 450 g/mol. The minimum atomic E-state index is -0.990. The number of carboxylic acid groups (broad SMARTS) is 1. The fourth-order valence-electron chi connectivity index (χ4n) is 5.00. The molecule has 2 heterocycles. The van der Waals surface area contributed by atoms with E-state index < -0.39 is 11.4 Å². The highest BCUT2D eigenvalue weighted by molar-refractivity contribution is 5.78. The second-order valence-electron chi connectivity index (χ2n) is 10.2. The van der Waals surface area contributed by atoms with Gasteiger partial charge in [-0.25, -0.2) is 0 Å². The summed E-state index contributed by atoms with van der Waals surface area (Å²) in [5.74, 6) is -1.12. The number of aromatic nitrogens is 2. The smallest absolute Gasteiger partial charge is 0.310 e. The van der Waals surface area contributed by atoms with E-state index in [4.69, 9.17) is 5.73 Å². The number of likely N-dealkylation sites (tertiary alicyclic amines) is 1. The number of nitrogens with one attached hydrogen (secondary N) is 2. The van der Waals surface area contributed by atoms with Crippen LogP contribution in [0.5, 0.6) is 0 Å². The first-order valence-corrected chi connectivity index (χ1v) is 12.7. The van der Waals surface area contributed by atoms with E-state index >= 15 is 0 Å². The summed E-state index contributed by atoms with van der Waals surface area (Å²) in [4.78, 5) is 14.9. The minimum Gasteiger partial charge on any atom is -0.481 e. The Morgan fingerprint density at radius 2 is 1.92 bits per heavy atom. The number of carboxylic acids is 1. The Labute approximate surface area is 215 Å². The fraction of sp³-hybridized carbons (Fsp3) is 0.448. The summed E-state index contributed by atoms with van der Waals surface area (Å²) >= 11 is 0. The molecule has 1 aliphatic heterocycles. The van der Waals surface area contributed by atoms with Crippen molar-refractivity contribution in [2.24, 2.45) is 5.41 Å². The van der Waals surface area contributed by atoms with Crippen LogP contribution in [0.2, 0.25) is 0 Å². The van der Waals surface area contributed by atoms with Crippen LogP contribution >= 0.6 is 0 Å². The number of nitrogen functional groups attached to an aromatic ring is 1. The summed E-state index contributed by atoms with van der Waals surface area (Å²) in [6, 6.07) is 12.3. The number of anilines is 2. The lowest BCUT2D eigenvalue weighted by molar-refractivity contribution is -0.147. The van der Waals surface area contributed by atoms with Crippen LogP contribution < -0.4 is 11.1 Å². The molecule has 1 unspecified atom stereocenters. The number of aromatic amines is 1. The van der Waals surface area contributed by atoms with Gasteiger partial charge in [-0.3, -0.25) is 14.8 Å². The van der Waals surface area contributed by atoms with Crippen molar-refractivity contribution >= 4 is 17.3 Å². The van der Waals surface area contributed by atoms with Gasteiger partial charge in [0.25, 0.3) is 0 Å². The van der Waals surface area contributed by atoms with Crippen LogP contribution in [0.15, 0.2) is 48.8 Å². The Hall–Kier alpha value is -3.32. The Bertz CT molecular complexity index is 1120. The number of rotatable bonds is 7. The fourth-order valence-corrected chi connectivity index (χ4v) is 5.00. The Morgan fingerprint density at radius 1 is 1.19 bits per heavy atom. The number of piperidine rings is 1. The summed E-state index contributed by atoms with van der Waals surface area (Å²) in [5, 5.41) is 19.5. The first kappa shape index (κ1) is 27.3. The largest absolute Gasteiger partial charge is 0.481 e. The van der Waals surface area contributed by atoms with Crippen LogP contribution in [0.3, 0.4) is 0 Å². The van der Waals surface area contributed by atoms with Crippen molar-refractivity contribution in [2.75, 3.05) is 31.2 Å². The molecule has 1 saturated heterocycles. The lowest BCUT2D eigenvalue weighted by Gasteiger charge is -2.34. The molecule has 0 amide bonds. The number of hydrogen-bond acceptors (Lipinski definition) is 5. The Morgan fingerprint density at radius 3 is 2.47 bits per heavy atom. The average molecular weight is 492 g/mol. The molecule has 0 spiro atoms. The highest BCUT2D eigenvalue weighted by atomic mass is 16.4. The van der Waals surface area contributed by atoms with E-state index in [9.17, 15) is 9.90 Å². The van der Waals surface area contributed by atoms with Gasteiger partial charge in [-0.05, 0) is 93.6 Å². The molecule has 0 saturated carbocycles. The summed E-state index contributed by atoms with van der Waals surface area (Å²) in [7, 11) is 1.84. The predicted molar refractivity (Wildman–Crippen MR) is 147 cm³/mol. The topological polar surface area (TPSA) is 107 Å². The van der Waals surface area contributed by atoms with Gasteiger partial charge in [0.1, 0.15) is 0 Å².